The molecule has 12 nitrogen and oxygen atoms in total. The lowest BCUT2D eigenvalue weighted by atomic mass is 10.1. The molecule has 12 heteroatoms. The van der Waals surface area contributed by atoms with Crippen LogP contribution in [0.25, 0.3) is 0 Å². The summed E-state index contributed by atoms with van der Waals surface area (Å²) in [6, 6.07) is 7.19. The highest BCUT2D eigenvalue weighted by molar-refractivity contribution is 6.02. The van der Waals surface area contributed by atoms with E-state index in [0.29, 0.717) is 18.7 Å². The molecule has 0 saturated heterocycles. The molecule has 0 atom stereocenters. The predicted octanol–water partition coefficient (Wildman–Crippen LogP) is -0.300. The van der Waals surface area contributed by atoms with Crippen LogP contribution in [0.1, 0.15) is 18.4 Å². The van der Waals surface area contributed by atoms with Gasteiger partial charge in [0.2, 0.25) is 0 Å². The molecule has 0 aromatic heterocycles. The first-order chi connectivity index (χ1) is 12.5. The monoisotopic (exact) mass is 365 g/mol. The molecular formula is C14H23N9O3. The van der Waals surface area contributed by atoms with Crippen LogP contribution in [-0.4, -0.2) is 47.7 Å². The molecule has 1 aromatic rings. The normalized spacial score (nSPS) is 12.7. The maximum absolute atomic E-state index is 10.1. The molecule has 0 fully saturated rings. The van der Waals surface area contributed by atoms with Gasteiger partial charge < -0.3 is 32.5 Å². The maximum atomic E-state index is 10.1. The van der Waals surface area contributed by atoms with Gasteiger partial charge in [-0.2, -0.15) is 0 Å². The number of nitrogens with one attached hydrogen (secondary N) is 1. The molecule has 0 radical (unpaired) electrons. The van der Waals surface area contributed by atoms with E-state index >= 15 is 0 Å². The lowest BCUT2D eigenvalue weighted by molar-refractivity contribution is 0.316. The molecule has 1 rings (SSSR count). The van der Waals surface area contributed by atoms with E-state index < -0.39 is 0 Å². The van der Waals surface area contributed by atoms with Crippen molar-refractivity contribution >= 4 is 23.2 Å². The molecule has 0 amide bonds. The summed E-state index contributed by atoms with van der Waals surface area (Å²) in [5, 5.41) is 25.9. The number of hydrogen-bond donors (Lipinski definition) is 6. The lowest BCUT2D eigenvalue weighted by Crippen LogP contribution is -2.33. The molecule has 0 aliphatic rings. The van der Waals surface area contributed by atoms with Crippen molar-refractivity contribution in [3.05, 3.63) is 34.7 Å². The van der Waals surface area contributed by atoms with Gasteiger partial charge in [-0.3, -0.25) is 5.43 Å². The van der Waals surface area contributed by atoms with Crippen LogP contribution in [0.15, 0.2) is 44.9 Å². The number of nitroso groups, excluding NO2 is 1. The second-order valence-corrected chi connectivity index (χ2v) is 5.14. The van der Waals surface area contributed by atoms with E-state index in [-0.39, 0.29) is 37.0 Å². The van der Waals surface area contributed by atoms with Crippen molar-refractivity contribution in [2.24, 2.45) is 37.8 Å². The molecular weight excluding hydrogens is 342 g/mol. The van der Waals surface area contributed by atoms with Crippen LogP contribution in [0, 0.1) is 4.91 Å². The Balaban J connectivity index is 3.10. The summed E-state index contributed by atoms with van der Waals surface area (Å²) in [5.74, 6) is 0.340. The average molecular weight is 365 g/mol. The number of nitrogens with zero attached hydrogens (tertiary/aromatic N) is 5. The molecule has 9 N–H and O–H groups in total. The number of aliphatic imine (C=N–C) groups is 1. The molecule has 1 aromatic carbocycles. The molecule has 0 saturated carbocycles. The Kier molecular flexibility index (Phi) is 8.71. The topological polar surface area (TPSA) is 200 Å². The zero-order chi connectivity index (χ0) is 19.4. The Morgan fingerprint density at radius 3 is 2.15 bits per heavy atom. The van der Waals surface area contributed by atoms with Crippen LogP contribution in [0.2, 0.25) is 0 Å². The third-order valence-corrected chi connectivity index (χ3v) is 3.44. The first-order valence-corrected chi connectivity index (χ1v) is 7.65. The number of para-hydroxylation sites is 1. The Morgan fingerprint density at radius 2 is 1.62 bits per heavy atom. The van der Waals surface area contributed by atoms with Crippen molar-refractivity contribution in [3.63, 3.8) is 0 Å². The molecule has 142 valence electrons. The van der Waals surface area contributed by atoms with Crippen molar-refractivity contribution < 1.29 is 10.4 Å². The molecule has 0 aliphatic heterocycles. The third kappa shape index (κ3) is 6.51. The summed E-state index contributed by atoms with van der Waals surface area (Å²) in [5.41, 5.74) is 20.6. The van der Waals surface area contributed by atoms with Crippen molar-refractivity contribution in [1.82, 2.24) is 5.43 Å². The third-order valence-electron chi connectivity index (χ3n) is 3.44. The van der Waals surface area contributed by atoms with Crippen molar-refractivity contribution in [3.8, 4) is 0 Å². The van der Waals surface area contributed by atoms with Crippen LogP contribution in [0.5, 0.6) is 0 Å². The molecule has 0 aliphatic carbocycles. The zero-order valence-electron chi connectivity index (χ0n) is 14.1. The molecule has 0 heterocycles. The first kappa shape index (κ1) is 20.5. The van der Waals surface area contributed by atoms with Crippen molar-refractivity contribution in [2.45, 2.75) is 12.8 Å². The summed E-state index contributed by atoms with van der Waals surface area (Å²) in [4.78, 5) is 16.0. The fourth-order valence-corrected chi connectivity index (χ4v) is 2.15. The van der Waals surface area contributed by atoms with Gasteiger partial charge in [0.1, 0.15) is 24.2 Å². The number of amidine groups is 3. The van der Waals surface area contributed by atoms with Gasteiger partial charge in [-0.1, -0.05) is 22.4 Å². The number of hydrogen-bond acceptors (Lipinski definition) is 8. The van der Waals surface area contributed by atoms with Gasteiger partial charge in [0.15, 0.2) is 0 Å². The summed E-state index contributed by atoms with van der Waals surface area (Å²) in [6.07, 6.45) is 0.573. The van der Waals surface area contributed by atoms with Gasteiger partial charge in [-0.05, 0) is 12.1 Å². The van der Waals surface area contributed by atoms with Gasteiger partial charge >= 0.3 is 0 Å². The quantitative estimate of drug-likeness (QED) is 0.0765. The minimum Gasteiger partial charge on any atom is -0.409 e. The highest BCUT2D eigenvalue weighted by atomic mass is 16.4. The van der Waals surface area contributed by atoms with Crippen LogP contribution < -0.4 is 27.5 Å². The van der Waals surface area contributed by atoms with E-state index in [0.717, 1.165) is 5.69 Å². The van der Waals surface area contributed by atoms with E-state index in [1.165, 1.54) is 0 Å². The Bertz CT molecular complexity index is 653. The zero-order valence-corrected chi connectivity index (χ0v) is 14.1. The van der Waals surface area contributed by atoms with Crippen molar-refractivity contribution in [2.75, 3.05) is 24.7 Å². The van der Waals surface area contributed by atoms with E-state index in [1.54, 1.807) is 12.1 Å². The van der Waals surface area contributed by atoms with Gasteiger partial charge in [-0.15, -0.1) is 4.91 Å². The predicted molar refractivity (Wildman–Crippen MR) is 99.2 cm³/mol. The number of anilines is 1. The summed E-state index contributed by atoms with van der Waals surface area (Å²) >= 11 is 0. The molecule has 0 spiro atoms. The Hall–Kier alpha value is -3.57. The van der Waals surface area contributed by atoms with Crippen LogP contribution >= 0.6 is 0 Å². The number of nitrogens with two attached hydrogens (primary N) is 3. The van der Waals surface area contributed by atoms with E-state index in [9.17, 15) is 4.91 Å². The smallest absolute Gasteiger partial charge is 0.140 e. The van der Waals surface area contributed by atoms with E-state index in [2.05, 4.69) is 26.0 Å². The van der Waals surface area contributed by atoms with Gasteiger partial charge in [0, 0.05) is 37.2 Å². The highest BCUT2D eigenvalue weighted by Gasteiger charge is 2.14. The summed E-state index contributed by atoms with van der Waals surface area (Å²) in [6.45, 7) is 0.734. The Morgan fingerprint density at radius 1 is 1.04 bits per heavy atom. The van der Waals surface area contributed by atoms with Gasteiger partial charge in [0.25, 0.3) is 0 Å². The molecule has 0 bridgehead atoms. The highest BCUT2D eigenvalue weighted by Crippen LogP contribution is 2.21. The largest absolute Gasteiger partial charge is 0.409 e. The molecule has 26 heavy (non-hydrogen) atoms. The second-order valence-electron chi connectivity index (χ2n) is 5.14. The first-order valence-electron chi connectivity index (χ1n) is 7.65. The maximum Gasteiger partial charge on any atom is 0.140 e. The minimum absolute atomic E-state index is 0.0576. The van der Waals surface area contributed by atoms with Crippen LogP contribution in [-0.2, 0) is 0 Å². The number of benzene rings is 1. The van der Waals surface area contributed by atoms with Gasteiger partial charge in [0.05, 0.1) is 5.29 Å². The average Bonchev–Trinajstić information content (AvgIpc) is 2.67. The second kappa shape index (κ2) is 11.1. The minimum atomic E-state index is -0.0576. The van der Waals surface area contributed by atoms with Crippen molar-refractivity contribution in [1.29, 1.82) is 0 Å². The van der Waals surface area contributed by atoms with E-state index in [4.69, 9.17) is 27.6 Å². The standard InChI is InChI=1S/C14H23N9O3/c15-12(20-24)5-7-23(8-6-13(16)21-25)11-4-2-1-3-10(11)14(17)18-9-19-22-26/h1-4,24-25H,5-9H2,(H2,15,20)(H2,16,21)(H2,17,18)(H,19,26). The van der Waals surface area contributed by atoms with Gasteiger partial charge in [-0.25, -0.2) is 4.99 Å². The van der Waals surface area contributed by atoms with Crippen LogP contribution in [0.4, 0.5) is 5.69 Å². The fourth-order valence-electron chi connectivity index (χ4n) is 2.15. The fraction of sp³-hybridized carbons (Fsp3) is 0.357. The SMILES string of the molecule is NC(CCN(CCC(N)=NO)c1ccccc1C(N)=NCNN=O)=NO. The summed E-state index contributed by atoms with van der Waals surface area (Å²) < 4.78 is 0. The molecule has 0 unspecified atom stereocenters. The number of oxime groups is 2. The van der Waals surface area contributed by atoms with Crippen LogP contribution in [0.3, 0.4) is 0 Å². The summed E-state index contributed by atoms with van der Waals surface area (Å²) in [7, 11) is 0. The number of rotatable bonds is 11. The lowest BCUT2D eigenvalue weighted by Gasteiger charge is -2.26. The Labute approximate surface area is 150 Å². The van der Waals surface area contributed by atoms with E-state index in [1.807, 2.05) is 17.0 Å².